The number of rotatable bonds is 8. The summed E-state index contributed by atoms with van der Waals surface area (Å²) < 4.78 is 32.6. The van der Waals surface area contributed by atoms with Crippen molar-refractivity contribution in [3.8, 4) is 0 Å². The number of benzene rings is 3. The molecule has 1 unspecified atom stereocenters. The minimum absolute atomic E-state index is 0.0132. The van der Waals surface area contributed by atoms with Crippen LogP contribution in [0.15, 0.2) is 66.7 Å². The molecular formula is C24H18F2N2O6. The smallest absolute Gasteiger partial charge is 0.270 e. The van der Waals surface area contributed by atoms with Crippen molar-refractivity contribution in [2.45, 2.75) is 12.2 Å². The average Bonchev–Trinajstić information content (AvgIpc) is 3.05. The first kappa shape index (κ1) is 23.1. The number of nitrogens with zero attached hydrogens (tertiary/aromatic N) is 2. The Morgan fingerprint density at radius 1 is 0.882 bits per heavy atom. The normalized spacial score (nSPS) is 13.9. The maximum absolute atomic E-state index is 13.4. The second-order valence-corrected chi connectivity index (χ2v) is 7.68. The first-order valence-corrected chi connectivity index (χ1v) is 10.2. The van der Waals surface area contributed by atoms with Gasteiger partial charge in [-0.25, -0.2) is 8.78 Å². The number of fused-ring (bicyclic) bond motifs is 1. The van der Waals surface area contributed by atoms with Crippen LogP contribution in [0.1, 0.15) is 37.9 Å². The molecule has 10 heteroatoms. The van der Waals surface area contributed by atoms with Crippen molar-refractivity contribution >= 4 is 17.5 Å². The number of imide groups is 1. The summed E-state index contributed by atoms with van der Waals surface area (Å²) in [5.74, 6) is -2.33. The molecule has 0 fully saturated rings. The second kappa shape index (κ2) is 9.46. The standard InChI is InChI=1S/C24H18F2N2O6/c25-16-5-1-14(2-6-16)22(15-3-7-17(26)8-4-15)34-13-19(29)12-27-23(30)20-10-9-18(28(32)33)11-21(20)24(27)31/h1-11,19,22,29H,12-13H2. The maximum Gasteiger partial charge on any atom is 0.270 e. The molecule has 4 rings (SSSR count). The minimum Gasteiger partial charge on any atom is -0.389 e. The van der Waals surface area contributed by atoms with Crippen molar-refractivity contribution in [3.63, 3.8) is 0 Å². The molecule has 0 aliphatic carbocycles. The molecule has 34 heavy (non-hydrogen) atoms. The van der Waals surface area contributed by atoms with E-state index in [0.29, 0.717) is 11.1 Å². The lowest BCUT2D eigenvalue weighted by atomic mass is 10.0. The van der Waals surface area contributed by atoms with E-state index >= 15 is 0 Å². The molecule has 1 atom stereocenters. The second-order valence-electron chi connectivity index (χ2n) is 7.68. The Hall–Kier alpha value is -4.02. The summed E-state index contributed by atoms with van der Waals surface area (Å²) in [7, 11) is 0. The van der Waals surface area contributed by atoms with Crippen LogP contribution in [-0.2, 0) is 4.74 Å². The Morgan fingerprint density at radius 3 is 1.94 bits per heavy atom. The molecule has 0 saturated heterocycles. The third-order valence-electron chi connectivity index (χ3n) is 5.36. The summed E-state index contributed by atoms with van der Waals surface area (Å²) >= 11 is 0. The number of nitro benzene ring substituents is 1. The molecule has 0 saturated carbocycles. The third kappa shape index (κ3) is 4.68. The van der Waals surface area contributed by atoms with Crippen LogP contribution in [-0.4, -0.2) is 46.0 Å². The van der Waals surface area contributed by atoms with Gasteiger partial charge in [0.15, 0.2) is 0 Å². The Kier molecular flexibility index (Phi) is 6.44. The van der Waals surface area contributed by atoms with E-state index in [0.717, 1.165) is 17.0 Å². The van der Waals surface area contributed by atoms with Gasteiger partial charge < -0.3 is 9.84 Å². The van der Waals surface area contributed by atoms with E-state index in [1.807, 2.05) is 0 Å². The summed E-state index contributed by atoms with van der Waals surface area (Å²) in [5, 5.41) is 21.5. The summed E-state index contributed by atoms with van der Waals surface area (Å²) in [6, 6.07) is 14.3. The van der Waals surface area contributed by atoms with E-state index in [9.17, 15) is 33.6 Å². The molecule has 3 aromatic rings. The molecule has 1 aliphatic heterocycles. The van der Waals surface area contributed by atoms with Crippen molar-refractivity contribution in [2.75, 3.05) is 13.2 Å². The highest BCUT2D eigenvalue weighted by Crippen LogP contribution is 2.29. The lowest BCUT2D eigenvalue weighted by Crippen LogP contribution is -2.39. The van der Waals surface area contributed by atoms with Crippen LogP contribution in [0.3, 0.4) is 0 Å². The van der Waals surface area contributed by atoms with Crippen LogP contribution in [0.4, 0.5) is 14.5 Å². The highest BCUT2D eigenvalue weighted by atomic mass is 19.1. The van der Waals surface area contributed by atoms with E-state index in [1.165, 1.54) is 54.6 Å². The molecule has 1 aliphatic rings. The SMILES string of the molecule is O=C1c2ccc([N+](=O)[O-])cc2C(=O)N1CC(O)COC(c1ccc(F)cc1)c1ccc(F)cc1. The fraction of sp³-hybridized carbons (Fsp3) is 0.167. The zero-order chi connectivity index (χ0) is 24.4. The number of halogens is 2. The lowest BCUT2D eigenvalue weighted by Gasteiger charge is -2.23. The Morgan fingerprint density at radius 2 is 1.41 bits per heavy atom. The van der Waals surface area contributed by atoms with Gasteiger partial charge in [-0.1, -0.05) is 24.3 Å². The molecular weight excluding hydrogens is 450 g/mol. The quantitative estimate of drug-likeness (QED) is 0.307. The number of ether oxygens (including phenoxy) is 1. The first-order chi connectivity index (χ1) is 16.2. The lowest BCUT2D eigenvalue weighted by molar-refractivity contribution is -0.384. The summed E-state index contributed by atoms with van der Waals surface area (Å²) in [6.45, 7) is -0.716. The predicted octanol–water partition coefficient (Wildman–Crippen LogP) is 3.64. The van der Waals surface area contributed by atoms with Crippen molar-refractivity contribution in [2.24, 2.45) is 0 Å². The number of hydrogen-bond acceptors (Lipinski definition) is 6. The number of carbonyl (C=O) groups excluding carboxylic acids is 2. The van der Waals surface area contributed by atoms with Crippen LogP contribution in [0, 0.1) is 21.7 Å². The molecule has 174 valence electrons. The average molecular weight is 468 g/mol. The fourth-order valence-corrected chi connectivity index (χ4v) is 3.69. The highest BCUT2D eigenvalue weighted by molar-refractivity contribution is 6.21. The van der Waals surface area contributed by atoms with Gasteiger partial charge in [-0.3, -0.25) is 24.6 Å². The van der Waals surface area contributed by atoms with Crippen LogP contribution in [0.25, 0.3) is 0 Å². The summed E-state index contributed by atoms with van der Waals surface area (Å²) in [5.41, 5.74) is 0.676. The number of hydrogen-bond donors (Lipinski definition) is 1. The largest absolute Gasteiger partial charge is 0.389 e. The van der Waals surface area contributed by atoms with Gasteiger partial charge in [0.1, 0.15) is 17.7 Å². The molecule has 0 radical (unpaired) electrons. The van der Waals surface area contributed by atoms with Crippen molar-refractivity contribution in [1.82, 2.24) is 4.90 Å². The third-order valence-corrected chi connectivity index (χ3v) is 5.36. The van der Waals surface area contributed by atoms with E-state index in [4.69, 9.17) is 4.74 Å². The Bertz CT molecular complexity index is 1200. The topological polar surface area (TPSA) is 110 Å². The van der Waals surface area contributed by atoms with Gasteiger partial charge in [-0.15, -0.1) is 0 Å². The van der Waals surface area contributed by atoms with Gasteiger partial charge in [-0.05, 0) is 41.5 Å². The Balaban J connectivity index is 1.48. The molecule has 1 N–H and O–H groups in total. The Labute approximate surface area is 192 Å². The number of β-amino-alcohol motifs (C(OH)–C–C–N with tert-alkyl or cyclic N) is 1. The number of amides is 2. The zero-order valence-electron chi connectivity index (χ0n) is 17.6. The maximum atomic E-state index is 13.4. The molecule has 1 heterocycles. The summed E-state index contributed by atoms with van der Waals surface area (Å²) in [4.78, 5) is 36.3. The molecule has 0 bridgehead atoms. The van der Waals surface area contributed by atoms with Gasteiger partial charge in [0.25, 0.3) is 17.5 Å². The van der Waals surface area contributed by atoms with E-state index < -0.39 is 47.1 Å². The van der Waals surface area contributed by atoms with Crippen molar-refractivity contribution in [1.29, 1.82) is 0 Å². The predicted molar refractivity (Wildman–Crippen MR) is 115 cm³/mol. The number of aliphatic hydroxyl groups is 1. The van der Waals surface area contributed by atoms with Crippen LogP contribution in [0.2, 0.25) is 0 Å². The molecule has 0 spiro atoms. The number of aliphatic hydroxyl groups excluding tert-OH is 1. The van der Waals surface area contributed by atoms with Gasteiger partial charge in [0.2, 0.25) is 0 Å². The molecule has 0 aromatic heterocycles. The van der Waals surface area contributed by atoms with Gasteiger partial charge in [0, 0.05) is 12.1 Å². The number of non-ortho nitro benzene ring substituents is 1. The van der Waals surface area contributed by atoms with Crippen LogP contribution < -0.4 is 0 Å². The highest BCUT2D eigenvalue weighted by Gasteiger charge is 2.37. The van der Waals surface area contributed by atoms with Gasteiger partial charge >= 0.3 is 0 Å². The number of nitro groups is 1. The number of carbonyl (C=O) groups is 2. The summed E-state index contributed by atoms with van der Waals surface area (Å²) in [6.07, 6.45) is -2.07. The molecule has 3 aromatic carbocycles. The molecule has 8 nitrogen and oxygen atoms in total. The van der Waals surface area contributed by atoms with Crippen LogP contribution >= 0.6 is 0 Å². The van der Waals surface area contributed by atoms with E-state index in [-0.39, 0.29) is 23.4 Å². The fourth-order valence-electron chi connectivity index (χ4n) is 3.69. The van der Waals surface area contributed by atoms with Crippen molar-refractivity contribution < 1.29 is 33.1 Å². The zero-order valence-corrected chi connectivity index (χ0v) is 17.6. The van der Waals surface area contributed by atoms with Gasteiger partial charge in [0.05, 0.1) is 35.3 Å². The van der Waals surface area contributed by atoms with E-state index in [2.05, 4.69) is 0 Å². The van der Waals surface area contributed by atoms with Crippen molar-refractivity contribution in [3.05, 3.63) is 111 Å². The van der Waals surface area contributed by atoms with E-state index in [1.54, 1.807) is 0 Å². The monoisotopic (exact) mass is 468 g/mol. The minimum atomic E-state index is -1.29. The first-order valence-electron chi connectivity index (χ1n) is 10.2. The van der Waals surface area contributed by atoms with Crippen LogP contribution in [0.5, 0.6) is 0 Å². The molecule has 2 amide bonds. The van der Waals surface area contributed by atoms with Gasteiger partial charge in [-0.2, -0.15) is 0 Å².